The Morgan fingerprint density at radius 1 is 0.507 bits per heavy atom. The van der Waals surface area contributed by atoms with Gasteiger partial charge in [0, 0.05) is 78.8 Å². The second kappa shape index (κ2) is 50.7. The van der Waals surface area contributed by atoms with Crippen LogP contribution in [0.4, 0.5) is 28.9 Å². The fourth-order valence-corrected chi connectivity index (χ4v) is 13.4. The topological polar surface area (TPSA) is 566 Å². The summed E-state index contributed by atoms with van der Waals surface area (Å²) in [7, 11) is 3.93. The summed E-state index contributed by atoms with van der Waals surface area (Å²) in [5.41, 5.74) is 21.9. The molecule has 2 atom stereocenters. The minimum Gasteiger partial charge on any atom is -0.870 e. The van der Waals surface area contributed by atoms with E-state index in [2.05, 4.69) is 106 Å². The molecule has 10 N–H and O–H groups in total. The number of esters is 3. The smallest absolute Gasteiger partial charge is 0.870 e. The molecule has 710 valence electrons. The number of H-pyrrole nitrogens is 3. The van der Waals surface area contributed by atoms with Crippen LogP contribution in [0.15, 0.2) is 257 Å². The number of terminal acetylenes is 1. The van der Waals surface area contributed by atoms with Gasteiger partial charge in [0.1, 0.15) is 46.8 Å². The Morgan fingerprint density at radius 2 is 0.879 bits per heavy atom. The summed E-state index contributed by atoms with van der Waals surface area (Å²) in [6.07, 6.45) is 15.9. The summed E-state index contributed by atoms with van der Waals surface area (Å²) >= 11 is 0. The third-order valence-electron chi connectivity index (χ3n) is 20.5. The van der Waals surface area contributed by atoms with E-state index in [0.717, 1.165) is 31.5 Å². The third kappa shape index (κ3) is 29.0. The van der Waals surface area contributed by atoms with Crippen LogP contribution in [0.3, 0.4) is 0 Å². The molecular formula is C96H84F4N21NaO18. The largest absolute Gasteiger partial charge is 1.00 e. The first-order valence-electron chi connectivity index (χ1n) is 41.5. The molecule has 0 saturated carbocycles. The number of aromatic carboxylic acids is 1. The Kier molecular flexibility index (Phi) is 38.4. The number of benzene rings is 9. The van der Waals surface area contributed by atoms with Crippen molar-refractivity contribution < 1.29 is 120 Å². The van der Waals surface area contributed by atoms with E-state index in [-0.39, 0.29) is 105 Å². The Bertz CT molecular complexity index is 7410. The average molecular weight is 1920 g/mol. The van der Waals surface area contributed by atoms with Crippen LogP contribution in [0.5, 0.6) is 0 Å². The van der Waals surface area contributed by atoms with Crippen molar-refractivity contribution in [2.24, 2.45) is 5.11 Å². The summed E-state index contributed by atoms with van der Waals surface area (Å²) in [6.45, 7) is 6.33. The van der Waals surface area contributed by atoms with Gasteiger partial charge in [-0.1, -0.05) is 44.0 Å². The number of anilines is 1. The summed E-state index contributed by atoms with van der Waals surface area (Å²) in [5.74, 6) is -3.83. The van der Waals surface area contributed by atoms with Crippen molar-refractivity contribution >= 4 is 92.1 Å². The van der Waals surface area contributed by atoms with E-state index in [4.69, 9.17) is 26.6 Å². The zero-order valence-corrected chi connectivity index (χ0v) is 77.2. The number of methoxy groups -OCH3 is 3. The number of fused-ring (bicyclic) bond motifs is 3. The summed E-state index contributed by atoms with van der Waals surface area (Å²) in [5, 5.41) is 65.5. The van der Waals surface area contributed by atoms with E-state index < -0.39 is 53.3 Å². The standard InChI is InChI=1S/C23H20FN5O2.C19H13FN4O3.C18H11FN4O3.C12H11N3O4.C8H7N3O2.C7H6FNO.C5H11N.C4H4O2.Na.H2O/c1-14-3-2-10-28(14)23(31)15-4-7-18(8-5-15)29-13-21(26-27-29)19-12-16-11-17(24)6-9-20(16)25-22(19)30;1-27-19(26)11-2-5-14(6-3-11)24-10-17(22-23-24)15-9-12-8-13(20)4-7-16(12)21-18(15)25;19-12-3-6-15-11(7-12)8-14(17(24)20-15)16-9-23(22-21-16)13-4-1-10(2-5-13)18(25)26;1-19-12(18)8-2-4-10(5-3-8)15-7-9(13-14-15)6-11(16)17;1-13-8(12)6-2-4-7(5-3-6)10-11-9;8-6-1-2-7(9)5(3-6)4-10;1-5-3-2-4-6-5;1-2-3-4(5)6;;/h4-9,11-14H,2-3,10H2,1H3,(H,25,30);2-10H,1H3,(H,21,25);1-9H,(H,20,24)(H,25,26);2-5,7H,6H2,1H3,(H,16,17);2-5H,1H3;1-4H,9H2;5-6H,2-4H2,1H3;1H,3H2,(H,5,6);;1H2/q;;;;;;;;+1;/p-1/t14-;;;;;;5-;;;/m1.....1.../s1. The first-order valence-corrected chi connectivity index (χ1v) is 41.5. The van der Waals surface area contributed by atoms with Crippen molar-refractivity contribution in [2.75, 3.05) is 40.2 Å². The maximum atomic E-state index is 13.6. The Balaban J connectivity index is 0.000000188. The number of nitrogen functional groups attached to an aromatic ring is 1. The predicted octanol–water partition coefficient (Wildman–Crippen LogP) is 10.9. The molecule has 0 unspecified atom stereocenters. The van der Waals surface area contributed by atoms with Crippen LogP contribution < -0.4 is 57.3 Å². The van der Waals surface area contributed by atoms with E-state index in [1.165, 1.54) is 157 Å². The van der Waals surface area contributed by atoms with Crippen molar-refractivity contribution in [3.8, 4) is 68.9 Å². The number of aliphatic carboxylic acids is 2. The number of carbonyl (C=O) groups excluding carboxylic acids is 5. The summed E-state index contributed by atoms with van der Waals surface area (Å²) in [4.78, 5) is 137. The van der Waals surface area contributed by atoms with Gasteiger partial charge >= 0.3 is 65.4 Å². The Hall–Kier alpha value is -17.6. The number of likely N-dealkylation sites (tertiary alicyclic amines) is 1. The molecule has 2 aliphatic rings. The number of halogens is 4. The fourth-order valence-electron chi connectivity index (χ4n) is 13.4. The number of nitrogens with one attached hydrogen (secondary N) is 4. The zero-order valence-electron chi connectivity index (χ0n) is 75.2. The van der Waals surface area contributed by atoms with E-state index >= 15 is 0 Å². The van der Waals surface area contributed by atoms with Gasteiger partial charge in [-0.2, -0.15) is 0 Å². The number of nitrogens with zero attached hydrogens (tertiary/aromatic N) is 16. The number of aldehydes is 1. The second-order valence-corrected chi connectivity index (χ2v) is 30.0. The van der Waals surface area contributed by atoms with Crippen molar-refractivity contribution in [2.45, 2.75) is 64.5 Å². The number of nitrogens with two attached hydrogens (primary N) is 1. The molecule has 18 rings (SSSR count). The third-order valence-corrected chi connectivity index (χ3v) is 20.5. The van der Waals surface area contributed by atoms with E-state index in [9.17, 15) is 70.3 Å². The molecule has 9 heterocycles. The molecule has 2 fully saturated rings. The SMILES string of the molecule is C#CCC(=O)O.COC(=O)c1ccc(-n2cc(-c3cc4cc(F)ccc4[nH]c3=O)nn2)cc1.COC(=O)c1ccc(-n2cc(CC(=O)O)nn2)cc1.COC(=O)c1ccc(N=[N+]=[N-])cc1.C[C@@H]1CCCN1.C[C@@H]1CCCN1C(=O)c1ccc(-n2cc(-c3cc4cc(F)ccc4[nH]c3=O)nn2)cc1.Nc1ccc(F)cc1C=O.O=C(O)c1ccc(-n2cc(-c3cc4cc(F)ccc4[nH]c3=O)nn2)cc1.[Na+].[OH-]. The maximum absolute atomic E-state index is 13.6. The fraction of sp³-hybridized carbons (Fsp3) is 0.156. The summed E-state index contributed by atoms with van der Waals surface area (Å²) in [6, 6.07) is 54.4. The molecule has 2 aliphatic heterocycles. The van der Waals surface area contributed by atoms with Crippen LogP contribution in [0.25, 0.3) is 99.7 Å². The number of carbonyl (C=O) groups is 8. The number of carboxylic acids is 3. The van der Waals surface area contributed by atoms with E-state index in [0.29, 0.717) is 124 Å². The quantitative estimate of drug-likeness (QED) is 0.00401. The molecule has 140 heavy (non-hydrogen) atoms. The number of carboxylic acid groups (broad SMARTS) is 3. The minimum atomic E-state index is -1.02. The number of ether oxygens (including phenoxy) is 3. The normalized spacial score (nSPS) is 12.3. The van der Waals surface area contributed by atoms with Gasteiger partial charge in [0.05, 0.1) is 120 Å². The van der Waals surface area contributed by atoms with E-state index in [1.807, 2.05) is 10.8 Å². The predicted molar refractivity (Wildman–Crippen MR) is 499 cm³/mol. The Morgan fingerprint density at radius 3 is 1.19 bits per heavy atom. The van der Waals surface area contributed by atoms with Crippen molar-refractivity contribution in [3.05, 3.63) is 341 Å². The molecule has 0 aliphatic carbocycles. The van der Waals surface area contributed by atoms with Crippen LogP contribution in [0.1, 0.15) is 114 Å². The molecule has 44 heteroatoms. The van der Waals surface area contributed by atoms with Gasteiger partial charge in [0.15, 0.2) is 6.29 Å². The van der Waals surface area contributed by atoms with Crippen LogP contribution in [-0.2, 0) is 30.2 Å². The number of pyridine rings is 3. The molecule has 0 bridgehead atoms. The number of hydrogen-bond acceptors (Lipinski definition) is 26. The molecule has 7 aromatic heterocycles. The number of azide groups is 1. The number of aromatic amines is 3. The monoisotopic (exact) mass is 1920 g/mol. The zero-order chi connectivity index (χ0) is 99.2. The molecule has 1 amide bonds. The van der Waals surface area contributed by atoms with Gasteiger partial charge in [-0.05, 0) is 252 Å². The van der Waals surface area contributed by atoms with Crippen LogP contribution in [0.2, 0.25) is 0 Å². The number of hydrogen-bond donors (Lipinski definition) is 8. The first-order chi connectivity index (χ1) is 66.3. The van der Waals surface area contributed by atoms with Crippen LogP contribution in [-0.4, -0.2) is 195 Å². The molecular weight excluding hydrogens is 1830 g/mol. The second-order valence-electron chi connectivity index (χ2n) is 30.0. The van der Waals surface area contributed by atoms with Crippen LogP contribution >= 0.6 is 0 Å². The van der Waals surface area contributed by atoms with Crippen molar-refractivity contribution in [3.63, 3.8) is 0 Å². The van der Waals surface area contributed by atoms with Crippen molar-refractivity contribution in [1.82, 2.24) is 85.1 Å². The van der Waals surface area contributed by atoms with Crippen LogP contribution in [0, 0.1) is 35.6 Å². The van der Waals surface area contributed by atoms with E-state index in [1.54, 1.807) is 134 Å². The molecule has 0 spiro atoms. The number of rotatable bonds is 17. The maximum Gasteiger partial charge on any atom is 1.00 e. The first kappa shape index (κ1) is 106. The molecule has 0 radical (unpaired) electrons. The number of amides is 1. The molecule has 2 saturated heterocycles. The molecule has 16 aromatic rings. The molecule has 9 aromatic carbocycles. The van der Waals surface area contributed by atoms with Crippen molar-refractivity contribution in [1.29, 1.82) is 0 Å². The van der Waals surface area contributed by atoms with Gasteiger partial charge in [0.25, 0.3) is 22.6 Å². The summed E-state index contributed by atoms with van der Waals surface area (Å²) < 4.78 is 72.4. The van der Waals surface area contributed by atoms with Gasteiger partial charge in [-0.25, -0.2) is 55.5 Å². The van der Waals surface area contributed by atoms with Gasteiger partial charge in [-0.15, -0.1) is 26.8 Å². The van der Waals surface area contributed by atoms with Gasteiger partial charge in [-0.3, -0.25) is 33.6 Å². The van der Waals surface area contributed by atoms with Gasteiger partial charge < -0.3 is 65.9 Å². The van der Waals surface area contributed by atoms with Gasteiger partial charge in [0.2, 0.25) is 0 Å². The average Bonchev–Trinajstić information content (AvgIpc) is 1.58. The molecule has 39 nitrogen and oxygen atoms in total. The minimum absolute atomic E-state index is 0. The Labute approximate surface area is 812 Å². The number of aromatic nitrogens is 15.